The van der Waals surface area contributed by atoms with Crippen LogP contribution in [0.15, 0.2) is 10.9 Å². The quantitative estimate of drug-likeness (QED) is 0.823. The highest BCUT2D eigenvalue weighted by molar-refractivity contribution is 7.07. The molecular weight excluding hydrogens is 246 g/mol. The van der Waals surface area contributed by atoms with E-state index in [1.165, 1.54) is 12.8 Å². The van der Waals surface area contributed by atoms with E-state index in [-0.39, 0.29) is 5.91 Å². The van der Waals surface area contributed by atoms with Gasteiger partial charge in [0, 0.05) is 24.8 Å². The second kappa shape index (κ2) is 7.48. The zero-order valence-corrected chi connectivity index (χ0v) is 11.5. The molecule has 5 heteroatoms. The van der Waals surface area contributed by atoms with Gasteiger partial charge in [-0.25, -0.2) is 4.98 Å². The summed E-state index contributed by atoms with van der Waals surface area (Å²) in [5.41, 5.74) is 2.89. The maximum atomic E-state index is 11.7. The fourth-order valence-corrected chi connectivity index (χ4v) is 2.88. The molecule has 0 aliphatic carbocycles. The summed E-state index contributed by atoms with van der Waals surface area (Å²) in [5.74, 6) is 0.860. The predicted octanol–water partition coefficient (Wildman–Crippen LogP) is 1.58. The molecule has 1 unspecified atom stereocenters. The van der Waals surface area contributed by atoms with Gasteiger partial charge in [-0.15, -0.1) is 11.3 Å². The third-order valence-electron chi connectivity index (χ3n) is 3.37. The first kappa shape index (κ1) is 13.5. The molecule has 1 aromatic rings. The van der Waals surface area contributed by atoms with Gasteiger partial charge in [0.2, 0.25) is 5.91 Å². The lowest BCUT2D eigenvalue weighted by Gasteiger charge is -2.22. The summed E-state index contributed by atoms with van der Waals surface area (Å²) in [7, 11) is 0. The minimum atomic E-state index is 0.177. The molecule has 0 aromatic carbocycles. The van der Waals surface area contributed by atoms with E-state index in [2.05, 4.69) is 15.6 Å². The van der Waals surface area contributed by atoms with E-state index >= 15 is 0 Å². The van der Waals surface area contributed by atoms with Gasteiger partial charge in [0.1, 0.15) is 0 Å². The smallest absolute Gasteiger partial charge is 0.220 e. The van der Waals surface area contributed by atoms with Crippen LogP contribution in [0.25, 0.3) is 0 Å². The fraction of sp³-hybridized carbons (Fsp3) is 0.692. The summed E-state index contributed by atoms with van der Waals surface area (Å²) in [6, 6.07) is 0. The molecule has 0 bridgehead atoms. The molecular formula is C13H21N3OS. The second-order valence-electron chi connectivity index (χ2n) is 4.83. The van der Waals surface area contributed by atoms with Crippen molar-refractivity contribution in [2.45, 2.75) is 32.1 Å². The van der Waals surface area contributed by atoms with Crippen LogP contribution in [-0.2, 0) is 11.2 Å². The summed E-state index contributed by atoms with van der Waals surface area (Å²) in [6.07, 6.45) is 5.01. The predicted molar refractivity (Wildman–Crippen MR) is 73.7 cm³/mol. The number of thiazole rings is 1. The van der Waals surface area contributed by atoms with E-state index in [9.17, 15) is 4.79 Å². The number of hydrogen-bond donors (Lipinski definition) is 2. The van der Waals surface area contributed by atoms with Crippen molar-refractivity contribution >= 4 is 17.2 Å². The highest BCUT2D eigenvalue weighted by Crippen LogP contribution is 2.15. The first-order valence-electron chi connectivity index (χ1n) is 6.69. The normalized spacial score (nSPS) is 19.7. The van der Waals surface area contributed by atoms with Crippen molar-refractivity contribution in [3.05, 3.63) is 16.6 Å². The third-order valence-corrected chi connectivity index (χ3v) is 4.00. The summed E-state index contributed by atoms with van der Waals surface area (Å²) < 4.78 is 0. The Balaban J connectivity index is 1.54. The number of piperidine rings is 1. The largest absolute Gasteiger partial charge is 0.356 e. The van der Waals surface area contributed by atoms with Gasteiger partial charge in [0.25, 0.3) is 0 Å². The standard InChI is InChI=1S/C13H21N3OS/c17-13(4-3-11-2-1-6-14-8-11)15-7-5-12-9-18-10-16-12/h9-11,14H,1-8H2,(H,15,17). The average molecular weight is 267 g/mol. The molecule has 100 valence electrons. The van der Waals surface area contributed by atoms with Gasteiger partial charge >= 0.3 is 0 Å². The van der Waals surface area contributed by atoms with Gasteiger partial charge in [0.15, 0.2) is 0 Å². The van der Waals surface area contributed by atoms with Crippen molar-refractivity contribution in [2.24, 2.45) is 5.92 Å². The van der Waals surface area contributed by atoms with Gasteiger partial charge in [-0.3, -0.25) is 4.79 Å². The molecule has 1 fully saturated rings. The van der Waals surface area contributed by atoms with E-state index in [4.69, 9.17) is 0 Å². The number of aromatic nitrogens is 1. The Morgan fingerprint density at radius 2 is 2.56 bits per heavy atom. The number of carbonyl (C=O) groups is 1. The summed E-state index contributed by atoms with van der Waals surface area (Å²) >= 11 is 1.60. The van der Waals surface area contributed by atoms with E-state index in [1.54, 1.807) is 11.3 Å². The van der Waals surface area contributed by atoms with Gasteiger partial charge in [0.05, 0.1) is 11.2 Å². The number of carbonyl (C=O) groups excluding carboxylic acids is 1. The van der Waals surface area contributed by atoms with Crippen molar-refractivity contribution in [2.75, 3.05) is 19.6 Å². The van der Waals surface area contributed by atoms with Crippen LogP contribution in [-0.4, -0.2) is 30.5 Å². The number of nitrogens with one attached hydrogen (secondary N) is 2. The average Bonchev–Trinajstić information content (AvgIpc) is 2.91. The molecule has 1 atom stereocenters. The van der Waals surface area contributed by atoms with Crippen LogP contribution in [0.3, 0.4) is 0 Å². The fourth-order valence-electron chi connectivity index (χ4n) is 2.28. The molecule has 1 amide bonds. The molecule has 1 aromatic heterocycles. The zero-order valence-electron chi connectivity index (χ0n) is 10.7. The number of nitrogens with zero attached hydrogens (tertiary/aromatic N) is 1. The Morgan fingerprint density at radius 3 is 3.28 bits per heavy atom. The van der Waals surface area contributed by atoms with E-state index < -0.39 is 0 Å². The molecule has 2 rings (SSSR count). The van der Waals surface area contributed by atoms with Crippen molar-refractivity contribution in [3.8, 4) is 0 Å². The first-order valence-corrected chi connectivity index (χ1v) is 7.63. The van der Waals surface area contributed by atoms with Crippen LogP contribution in [0.1, 0.15) is 31.4 Å². The van der Waals surface area contributed by atoms with Gasteiger partial charge < -0.3 is 10.6 Å². The Morgan fingerprint density at radius 1 is 1.61 bits per heavy atom. The lowest BCUT2D eigenvalue weighted by Crippen LogP contribution is -2.31. The number of amides is 1. The Labute approximate surface area is 112 Å². The maximum absolute atomic E-state index is 11.7. The molecule has 2 N–H and O–H groups in total. The minimum absolute atomic E-state index is 0.177. The van der Waals surface area contributed by atoms with Crippen LogP contribution < -0.4 is 10.6 Å². The van der Waals surface area contributed by atoms with Gasteiger partial charge in [-0.05, 0) is 38.3 Å². The summed E-state index contributed by atoms with van der Waals surface area (Å²) in [4.78, 5) is 15.9. The van der Waals surface area contributed by atoms with Crippen LogP contribution in [0.5, 0.6) is 0 Å². The Kier molecular flexibility index (Phi) is 5.61. The lowest BCUT2D eigenvalue weighted by atomic mass is 9.94. The van der Waals surface area contributed by atoms with Crippen molar-refractivity contribution in [1.29, 1.82) is 0 Å². The van der Waals surface area contributed by atoms with Crippen LogP contribution in [0, 0.1) is 5.92 Å². The molecule has 18 heavy (non-hydrogen) atoms. The van der Waals surface area contributed by atoms with Crippen LogP contribution >= 0.6 is 11.3 Å². The Bertz CT molecular complexity index is 347. The molecule has 0 spiro atoms. The molecule has 0 saturated carbocycles. The summed E-state index contributed by atoms with van der Waals surface area (Å²) in [6.45, 7) is 2.91. The second-order valence-corrected chi connectivity index (χ2v) is 5.55. The minimum Gasteiger partial charge on any atom is -0.356 e. The van der Waals surface area contributed by atoms with Gasteiger partial charge in [-0.2, -0.15) is 0 Å². The maximum Gasteiger partial charge on any atom is 0.220 e. The Hall–Kier alpha value is -0.940. The molecule has 1 aliphatic rings. The molecule has 2 heterocycles. The highest BCUT2D eigenvalue weighted by atomic mass is 32.1. The molecule has 4 nitrogen and oxygen atoms in total. The van der Waals surface area contributed by atoms with Gasteiger partial charge in [-0.1, -0.05) is 0 Å². The van der Waals surface area contributed by atoms with Crippen molar-refractivity contribution in [3.63, 3.8) is 0 Å². The SMILES string of the molecule is O=C(CCC1CCCNC1)NCCc1cscn1. The molecule has 1 saturated heterocycles. The topological polar surface area (TPSA) is 54.0 Å². The monoisotopic (exact) mass is 267 g/mol. The summed E-state index contributed by atoms with van der Waals surface area (Å²) in [5, 5.41) is 8.37. The van der Waals surface area contributed by atoms with Crippen LogP contribution in [0.2, 0.25) is 0 Å². The molecule has 0 radical (unpaired) electrons. The van der Waals surface area contributed by atoms with Crippen molar-refractivity contribution in [1.82, 2.24) is 15.6 Å². The van der Waals surface area contributed by atoms with Crippen LogP contribution in [0.4, 0.5) is 0 Å². The van der Waals surface area contributed by atoms with E-state index in [1.807, 2.05) is 10.9 Å². The molecule has 1 aliphatic heterocycles. The lowest BCUT2D eigenvalue weighted by molar-refractivity contribution is -0.121. The third kappa shape index (κ3) is 4.74. The number of hydrogen-bond acceptors (Lipinski definition) is 4. The zero-order chi connectivity index (χ0) is 12.6. The van der Waals surface area contributed by atoms with Crippen molar-refractivity contribution < 1.29 is 4.79 Å². The number of rotatable bonds is 6. The first-order chi connectivity index (χ1) is 8.84. The highest BCUT2D eigenvalue weighted by Gasteiger charge is 2.14. The van der Waals surface area contributed by atoms with E-state index in [0.29, 0.717) is 18.9 Å². The van der Waals surface area contributed by atoms with E-state index in [0.717, 1.165) is 31.6 Å².